The molecule has 0 saturated heterocycles. The fourth-order valence-corrected chi connectivity index (χ4v) is 2.02. The Labute approximate surface area is 141 Å². The van der Waals surface area contributed by atoms with Gasteiger partial charge in [-0.1, -0.05) is 6.07 Å². The van der Waals surface area contributed by atoms with Gasteiger partial charge >= 0.3 is 0 Å². The molecule has 2 amide bonds. The molecule has 1 rings (SSSR count). The zero-order chi connectivity index (χ0) is 17.9. The average Bonchev–Trinajstić information content (AvgIpc) is 2.56. The van der Waals surface area contributed by atoms with E-state index in [2.05, 4.69) is 10.6 Å². The van der Waals surface area contributed by atoms with E-state index in [9.17, 15) is 14.4 Å². The van der Waals surface area contributed by atoms with Gasteiger partial charge in [-0.05, 0) is 24.6 Å². The zero-order valence-electron chi connectivity index (χ0n) is 14.3. The van der Waals surface area contributed by atoms with Crippen LogP contribution < -0.4 is 20.1 Å². The molecule has 0 spiro atoms. The van der Waals surface area contributed by atoms with Gasteiger partial charge in [0.15, 0.2) is 11.5 Å². The molecule has 0 aromatic heterocycles. The molecule has 2 N–H and O–H groups in total. The molecule has 7 heteroatoms. The topological polar surface area (TPSA) is 93.7 Å². The molecular formula is C17H24N2O5. The Hall–Kier alpha value is -2.57. The first-order valence-electron chi connectivity index (χ1n) is 7.70. The number of methoxy groups -OCH3 is 2. The molecule has 0 atom stereocenters. The molecule has 0 heterocycles. The van der Waals surface area contributed by atoms with Crippen molar-refractivity contribution in [3.63, 3.8) is 0 Å². The summed E-state index contributed by atoms with van der Waals surface area (Å²) in [6.07, 6.45) is 0.616. The largest absolute Gasteiger partial charge is 0.493 e. The lowest BCUT2D eigenvalue weighted by molar-refractivity contribution is -0.124. The van der Waals surface area contributed by atoms with E-state index < -0.39 is 0 Å². The fraction of sp³-hybridized carbons (Fsp3) is 0.471. The Bertz CT molecular complexity index is 586. The van der Waals surface area contributed by atoms with Crippen molar-refractivity contribution in [3.05, 3.63) is 23.8 Å². The number of carbonyl (C=O) groups is 3. The van der Waals surface area contributed by atoms with E-state index in [-0.39, 0.29) is 36.9 Å². The summed E-state index contributed by atoms with van der Waals surface area (Å²) < 4.78 is 10.3. The number of hydrogen-bond donors (Lipinski definition) is 2. The van der Waals surface area contributed by atoms with Gasteiger partial charge in [-0.25, -0.2) is 0 Å². The highest BCUT2D eigenvalue weighted by molar-refractivity contribution is 5.83. The summed E-state index contributed by atoms with van der Waals surface area (Å²) in [6.45, 7) is 2.11. The van der Waals surface area contributed by atoms with Crippen LogP contribution in [0.5, 0.6) is 11.5 Å². The van der Waals surface area contributed by atoms with Gasteiger partial charge in [-0.3, -0.25) is 9.59 Å². The Kier molecular flexibility index (Phi) is 8.32. The van der Waals surface area contributed by atoms with Crippen molar-refractivity contribution in [3.8, 4) is 11.5 Å². The summed E-state index contributed by atoms with van der Waals surface area (Å²) in [7, 11) is 3.09. The molecule has 0 aliphatic rings. The third-order valence-corrected chi connectivity index (χ3v) is 3.29. The van der Waals surface area contributed by atoms with Crippen molar-refractivity contribution in [1.82, 2.24) is 10.6 Å². The van der Waals surface area contributed by atoms with Gasteiger partial charge in [0.1, 0.15) is 5.78 Å². The summed E-state index contributed by atoms with van der Waals surface area (Å²) in [4.78, 5) is 34.1. The number of ether oxygens (including phenoxy) is 2. The second-order valence-corrected chi connectivity index (χ2v) is 5.27. The molecular weight excluding hydrogens is 312 g/mol. The van der Waals surface area contributed by atoms with Crippen LogP contribution in [0.4, 0.5) is 0 Å². The van der Waals surface area contributed by atoms with Crippen molar-refractivity contribution in [1.29, 1.82) is 0 Å². The number of carbonyl (C=O) groups excluding carboxylic acids is 3. The lowest BCUT2D eigenvalue weighted by Crippen LogP contribution is -2.35. The van der Waals surface area contributed by atoms with Gasteiger partial charge in [0, 0.05) is 25.9 Å². The number of amides is 2. The van der Waals surface area contributed by atoms with Crippen LogP contribution in [0.3, 0.4) is 0 Å². The number of Topliss-reactive ketones (excluding diaryl/α,β-unsaturated/α-hetero) is 1. The summed E-state index contributed by atoms with van der Waals surface area (Å²) in [5.74, 6) is 0.809. The lowest BCUT2D eigenvalue weighted by Gasteiger charge is -2.10. The SMILES string of the molecule is COc1ccc(CC(=O)NCCNC(=O)CCC(C)=O)cc1OC. The number of ketones is 1. The second kappa shape index (κ2) is 10.3. The van der Waals surface area contributed by atoms with Crippen LogP contribution in [-0.4, -0.2) is 44.9 Å². The lowest BCUT2D eigenvalue weighted by atomic mass is 10.1. The Morgan fingerprint density at radius 3 is 2.12 bits per heavy atom. The molecule has 24 heavy (non-hydrogen) atoms. The van der Waals surface area contributed by atoms with Crippen molar-refractivity contribution >= 4 is 17.6 Å². The highest BCUT2D eigenvalue weighted by Crippen LogP contribution is 2.27. The highest BCUT2D eigenvalue weighted by atomic mass is 16.5. The molecule has 132 valence electrons. The summed E-state index contributed by atoms with van der Waals surface area (Å²) >= 11 is 0. The number of rotatable bonds is 10. The maximum Gasteiger partial charge on any atom is 0.224 e. The van der Waals surface area contributed by atoms with Crippen LogP contribution in [0.1, 0.15) is 25.3 Å². The van der Waals surface area contributed by atoms with Crippen molar-refractivity contribution in [2.24, 2.45) is 0 Å². The van der Waals surface area contributed by atoms with E-state index in [0.717, 1.165) is 5.56 Å². The standard InChI is InChI=1S/C17H24N2O5/c1-12(20)4-7-16(21)18-8-9-19-17(22)11-13-5-6-14(23-2)15(10-13)24-3/h5-6,10H,4,7-9,11H2,1-3H3,(H,18,21)(H,19,22). The van der Waals surface area contributed by atoms with Crippen LogP contribution in [0.15, 0.2) is 18.2 Å². The Morgan fingerprint density at radius 2 is 1.54 bits per heavy atom. The normalized spacial score (nSPS) is 9.96. The first-order valence-corrected chi connectivity index (χ1v) is 7.70. The van der Waals surface area contributed by atoms with Crippen LogP contribution in [0, 0.1) is 0 Å². The minimum Gasteiger partial charge on any atom is -0.493 e. The molecule has 0 fully saturated rings. The first-order chi connectivity index (χ1) is 11.5. The maximum atomic E-state index is 11.9. The van der Waals surface area contributed by atoms with E-state index in [4.69, 9.17) is 9.47 Å². The van der Waals surface area contributed by atoms with Gasteiger partial charge in [-0.15, -0.1) is 0 Å². The van der Waals surface area contributed by atoms with E-state index in [1.807, 2.05) is 0 Å². The summed E-state index contributed by atoms with van der Waals surface area (Å²) in [6, 6.07) is 5.29. The van der Waals surface area contributed by atoms with Crippen LogP contribution in [0.25, 0.3) is 0 Å². The Morgan fingerprint density at radius 1 is 0.917 bits per heavy atom. The highest BCUT2D eigenvalue weighted by Gasteiger charge is 2.08. The zero-order valence-corrected chi connectivity index (χ0v) is 14.3. The van der Waals surface area contributed by atoms with Crippen LogP contribution in [0.2, 0.25) is 0 Å². The van der Waals surface area contributed by atoms with Crippen molar-refractivity contribution < 1.29 is 23.9 Å². The summed E-state index contributed by atoms with van der Waals surface area (Å²) in [5.41, 5.74) is 0.802. The maximum absolute atomic E-state index is 11.9. The number of nitrogens with one attached hydrogen (secondary N) is 2. The molecule has 0 aliphatic carbocycles. The summed E-state index contributed by atoms with van der Waals surface area (Å²) in [5, 5.41) is 5.37. The molecule has 0 unspecified atom stereocenters. The van der Waals surface area contributed by atoms with Crippen molar-refractivity contribution in [2.45, 2.75) is 26.2 Å². The average molecular weight is 336 g/mol. The smallest absolute Gasteiger partial charge is 0.224 e. The second-order valence-electron chi connectivity index (χ2n) is 5.27. The van der Waals surface area contributed by atoms with Crippen LogP contribution in [-0.2, 0) is 20.8 Å². The van der Waals surface area contributed by atoms with Gasteiger partial charge in [0.05, 0.1) is 20.6 Å². The monoisotopic (exact) mass is 336 g/mol. The van der Waals surface area contributed by atoms with Gasteiger partial charge in [-0.2, -0.15) is 0 Å². The molecule has 0 bridgehead atoms. The predicted octanol–water partition coefficient (Wildman–Crippen LogP) is 0.848. The molecule has 7 nitrogen and oxygen atoms in total. The molecule has 0 saturated carbocycles. The molecule has 0 radical (unpaired) electrons. The minimum atomic E-state index is -0.195. The molecule has 0 aliphatic heterocycles. The first kappa shape index (κ1) is 19.5. The Balaban J connectivity index is 2.31. The van der Waals surface area contributed by atoms with E-state index in [1.165, 1.54) is 14.0 Å². The van der Waals surface area contributed by atoms with Gasteiger partial charge in [0.2, 0.25) is 11.8 Å². The van der Waals surface area contributed by atoms with E-state index in [1.54, 1.807) is 25.3 Å². The van der Waals surface area contributed by atoms with E-state index in [0.29, 0.717) is 24.6 Å². The van der Waals surface area contributed by atoms with Gasteiger partial charge in [0.25, 0.3) is 0 Å². The number of benzene rings is 1. The third kappa shape index (κ3) is 7.13. The number of hydrogen-bond acceptors (Lipinski definition) is 5. The quantitative estimate of drug-likeness (QED) is 0.618. The fourth-order valence-electron chi connectivity index (χ4n) is 2.02. The van der Waals surface area contributed by atoms with Crippen LogP contribution >= 0.6 is 0 Å². The third-order valence-electron chi connectivity index (χ3n) is 3.29. The predicted molar refractivity (Wildman–Crippen MR) is 89.2 cm³/mol. The molecule has 1 aromatic carbocycles. The molecule has 1 aromatic rings. The minimum absolute atomic E-state index is 0.0200. The van der Waals surface area contributed by atoms with E-state index >= 15 is 0 Å². The van der Waals surface area contributed by atoms with Gasteiger partial charge < -0.3 is 24.9 Å². The van der Waals surface area contributed by atoms with Crippen molar-refractivity contribution in [2.75, 3.05) is 27.3 Å².